The van der Waals surface area contributed by atoms with E-state index in [1.54, 1.807) is 13.0 Å². The molecule has 0 aliphatic rings. The van der Waals surface area contributed by atoms with E-state index in [0.29, 0.717) is 16.3 Å². The SMILES string of the molecule is Cc1cc(COc2c(C)cc(Cl)cc2C)oc1C(=O)NN. The van der Waals surface area contributed by atoms with Crippen LogP contribution in [0.1, 0.15) is 33.0 Å². The average Bonchev–Trinajstić information content (AvgIpc) is 2.78. The number of furan rings is 1. The zero-order chi connectivity index (χ0) is 15.6. The van der Waals surface area contributed by atoms with E-state index in [4.69, 9.17) is 26.6 Å². The number of nitrogen functional groups attached to an aromatic ring is 1. The maximum absolute atomic E-state index is 11.5. The van der Waals surface area contributed by atoms with Crippen LogP contribution in [0.5, 0.6) is 5.75 Å². The molecule has 2 rings (SSSR count). The Bertz CT molecular complexity index is 657. The molecular weight excluding hydrogens is 292 g/mol. The molecule has 0 bridgehead atoms. The van der Waals surface area contributed by atoms with Crippen molar-refractivity contribution < 1.29 is 13.9 Å². The molecule has 5 nitrogen and oxygen atoms in total. The maximum atomic E-state index is 11.5. The molecule has 21 heavy (non-hydrogen) atoms. The highest BCUT2D eigenvalue weighted by atomic mass is 35.5. The highest BCUT2D eigenvalue weighted by Gasteiger charge is 2.15. The lowest BCUT2D eigenvalue weighted by molar-refractivity contribution is 0.0921. The van der Waals surface area contributed by atoms with Crippen molar-refractivity contribution in [1.29, 1.82) is 0 Å². The summed E-state index contributed by atoms with van der Waals surface area (Å²) in [6.07, 6.45) is 0. The van der Waals surface area contributed by atoms with E-state index in [1.807, 2.05) is 31.4 Å². The number of hydrazine groups is 1. The van der Waals surface area contributed by atoms with E-state index in [2.05, 4.69) is 0 Å². The number of carbonyl (C=O) groups excluding carboxylic acids is 1. The van der Waals surface area contributed by atoms with Crippen molar-refractivity contribution in [1.82, 2.24) is 5.43 Å². The summed E-state index contributed by atoms with van der Waals surface area (Å²) in [6.45, 7) is 5.85. The van der Waals surface area contributed by atoms with Gasteiger partial charge in [0.05, 0.1) is 0 Å². The minimum atomic E-state index is -0.461. The largest absolute Gasteiger partial charge is 0.485 e. The number of aryl methyl sites for hydroxylation is 3. The van der Waals surface area contributed by atoms with Gasteiger partial charge in [-0.05, 0) is 50.1 Å². The predicted octanol–water partition coefficient (Wildman–Crippen LogP) is 3.04. The van der Waals surface area contributed by atoms with Crippen LogP contribution in [0.2, 0.25) is 5.02 Å². The molecule has 1 amide bonds. The summed E-state index contributed by atoms with van der Waals surface area (Å²) >= 11 is 5.98. The van der Waals surface area contributed by atoms with Crippen molar-refractivity contribution in [3.05, 3.63) is 51.4 Å². The van der Waals surface area contributed by atoms with E-state index < -0.39 is 5.91 Å². The number of carbonyl (C=O) groups is 1. The van der Waals surface area contributed by atoms with Crippen LogP contribution in [-0.2, 0) is 6.61 Å². The zero-order valence-corrected chi connectivity index (χ0v) is 12.9. The van der Waals surface area contributed by atoms with Crippen molar-refractivity contribution in [3.8, 4) is 5.75 Å². The third kappa shape index (κ3) is 3.37. The quantitative estimate of drug-likeness (QED) is 0.517. The van der Waals surface area contributed by atoms with Crippen LogP contribution in [0.15, 0.2) is 22.6 Å². The molecule has 0 unspecified atom stereocenters. The standard InChI is InChI=1S/C15H17ClN2O3/c1-8-4-11(16)5-9(2)13(8)20-7-12-6-10(3)14(21-12)15(19)18-17/h4-6H,7,17H2,1-3H3,(H,18,19). The first-order chi connectivity index (χ1) is 9.92. The second-order valence-corrected chi connectivity index (χ2v) is 5.29. The van der Waals surface area contributed by atoms with Crippen LogP contribution in [0, 0.1) is 20.8 Å². The lowest BCUT2D eigenvalue weighted by atomic mass is 10.1. The van der Waals surface area contributed by atoms with Crippen molar-refractivity contribution >= 4 is 17.5 Å². The number of hydrogen-bond acceptors (Lipinski definition) is 4. The number of benzene rings is 1. The van der Waals surface area contributed by atoms with E-state index in [1.165, 1.54) is 0 Å². The van der Waals surface area contributed by atoms with Crippen LogP contribution in [0.25, 0.3) is 0 Å². The van der Waals surface area contributed by atoms with Crippen molar-refractivity contribution in [2.75, 3.05) is 0 Å². The van der Waals surface area contributed by atoms with Gasteiger partial charge in [0.2, 0.25) is 0 Å². The Hall–Kier alpha value is -1.98. The highest BCUT2D eigenvalue weighted by Crippen LogP contribution is 2.28. The molecule has 1 aromatic heterocycles. The molecule has 1 heterocycles. The van der Waals surface area contributed by atoms with E-state index in [-0.39, 0.29) is 12.4 Å². The Morgan fingerprint density at radius 1 is 1.24 bits per heavy atom. The molecule has 0 radical (unpaired) electrons. The second-order valence-electron chi connectivity index (χ2n) is 4.86. The van der Waals surface area contributed by atoms with Crippen LogP contribution in [0.3, 0.4) is 0 Å². The molecule has 0 aliphatic heterocycles. The molecule has 3 N–H and O–H groups in total. The molecule has 0 saturated carbocycles. The summed E-state index contributed by atoms with van der Waals surface area (Å²) < 4.78 is 11.2. The minimum Gasteiger partial charge on any atom is -0.485 e. The van der Waals surface area contributed by atoms with Gasteiger partial charge in [0.15, 0.2) is 5.76 Å². The molecule has 0 atom stereocenters. The van der Waals surface area contributed by atoms with Gasteiger partial charge in [-0.25, -0.2) is 5.84 Å². The van der Waals surface area contributed by atoms with Crippen molar-refractivity contribution in [3.63, 3.8) is 0 Å². The van der Waals surface area contributed by atoms with E-state index in [9.17, 15) is 4.79 Å². The van der Waals surface area contributed by atoms with Gasteiger partial charge in [-0.15, -0.1) is 0 Å². The van der Waals surface area contributed by atoms with Gasteiger partial charge in [-0.1, -0.05) is 11.6 Å². The number of nitrogens with one attached hydrogen (secondary N) is 1. The van der Waals surface area contributed by atoms with Gasteiger partial charge in [-0.3, -0.25) is 10.2 Å². The van der Waals surface area contributed by atoms with Crippen molar-refractivity contribution in [2.45, 2.75) is 27.4 Å². The second kappa shape index (κ2) is 6.20. The Kier molecular flexibility index (Phi) is 4.55. The van der Waals surface area contributed by atoms with Crippen LogP contribution in [-0.4, -0.2) is 5.91 Å². The summed E-state index contributed by atoms with van der Waals surface area (Å²) in [6, 6.07) is 5.43. The molecule has 0 saturated heterocycles. The summed E-state index contributed by atoms with van der Waals surface area (Å²) in [5.41, 5.74) is 4.65. The fraction of sp³-hybridized carbons (Fsp3) is 0.267. The first kappa shape index (κ1) is 15.4. The molecule has 0 spiro atoms. The summed E-state index contributed by atoms with van der Waals surface area (Å²) in [4.78, 5) is 11.5. The first-order valence-corrected chi connectivity index (χ1v) is 6.80. The first-order valence-electron chi connectivity index (χ1n) is 6.42. The fourth-order valence-electron chi connectivity index (χ4n) is 2.18. The van der Waals surface area contributed by atoms with E-state index >= 15 is 0 Å². The summed E-state index contributed by atoms with van der Waals surface area (Å²) in [5.74, 6) is 6.15. The van der Waals surface area contributed by atoms with Crippen LogP contribution >= 0.6 is 11.6 Å². The predicted molar refractivity (Wildman–Crippen MR) is 80.4 cm³/mol. The van der Waals surface area contributed by atoms with Gasteiger partial charge in [-0.2, -0.15) is 0 Å². The Morgan fingerprint density at radius 3 is 2.43 bits per heavy atom. The van der Waals surface area contributed by atoms with Gasteiger partial charge in [0.1, 0.15) is 18.1 Å². The smallest absolute Gasteiger partial charge is 0.301 e. The van der Waals surface area contributed by atoms with Crippen LogP contribution < -0.4 is 16.0 Å². The van der Waals surface area contributed by atoms with Crippen LogP contribution in [0.4, 0.5) is 0 Å². The molecule has 112 valence electrons. The molecule has 0 aliphatic carbocycles. The molecular formula is C15H17ClN2O3. The third-order valence-corrected chi connectivity index (χ3v) is 3.31. The zero-order valence-electron chi connectivity index (χ0n) is 12.1. The number of amides is 1. The number of nitrogens with two attached hydrogens (primary N) is 1. The fourth-order valence-corrected chi connectivity index (χ4v) is 2.51. The maximum Gasteiger partial charge on any atom is 0.301 e. The van der Waals surface area contributed by atoms with Gasteiger partial charge < -0.3 is 9.15 Å². The average molecular weight is 309 g/mol. The topological polar surface area (TPSA) is 77.5 Å². The van der Waals surface area contributed by atoms with Gasteiger partial charge >= 0.3 is 5.91 Å². The number of rotatable bonds is 4. The van der Waals surface area contributed by atoms with E-state index in [0.717, 1.165) is 16.9 Å². The number of hydrogen-bond donors (Lipinski definition) is 2. The number of halogens is 1. The lowest BCUT2D eigenvalue weighted by Crippen LogP contribution is -2.30. The van der Waals surface area contributed by atoms with Crippen molar-refractivity contribution in [2.24, 2.45) is 5.84 Å². The van der Waals surface area contributed by atoms with Gasteiger partial charge in [0, 0.05) is 10.6 Å². The molecule has 1 aromatic carbocycles. The molecule has 2 aromatic rings. The lowest BCUT2D eigenvalue weighted by Gasteiger charge is -2.11. The minimum absolute atomic E-state index is 0.195. The highest BCUT2D eigenvalue weighted by molar-refractivity contribution is 6.30. The normalized spacial score (nSPS) is 10.5. The monoisotopic (exact) mass is 308 g/mol. The molecule has 0 fully saturated rings. The third-order valence-electron chi connectivity index (χ3n) is 3.09. The van der Waals surface area contributed by atoms with Gasteiger partial charge in [0.25, 0.3) is 0 Å². The summed E-state index contributed by atoms with van der Waals surface area (Å²) in [7, 11) is 0. The Morgan fingerprint density at radius 2 is 1.86 bits per heavy atom. The summed E-state index contributed by atoms with van der Waals surface area (Å²) in [5, 5.41) is 0.674. The Balaban J connectivity index is 2.16. The molecule has 6 heteroatoms. The number of ether oxygens (including phenoxy) is 1. The Labute approximate surface area is 128 Å².